The summed E-state index contributed by atoms with van der Waals surface area (Å²) in [5, 5.41) is 7.26. The van der Waals surface area contributed by atoms with Crippen LogP contribution in [0.25, 0.3) is 16.6 Å². The second kappa shape index (κ2) is 11.7. The summed E-state index contributed by atoms with van der Waals surface area (Å²) < 4.78 is 0. The molecular weight excluding hydrogens is 561 g/mol. The number of piperidine rings is 1. The average Bonchev–Trinajstić information content (AvgIpc) is 3.61. The van der Waals surface area contributed by atoms with Gasteiger partial charge in [-0.15, -0.1) is 11.3 Å². The van der Waals surface area contributed by atoms with Crippen molar-refractivity contribution < 1.29 is 4.79 Å². The molecule has 9 heteroatoms. The Labute approximate surface area is 248 Å². The number of halogens is 2. The van der Waals surface area contributed by atoms with Gasteiger partial charge >= 0.3 is 6.03 Å². The van der Waals surface area contributed by atoms with Gasteiger partial charge in [-0.1, -0.05) is 47.5 Å². The summed E-state index contributed by atoms with van der Waals surface area (Å²) in [5.41, 5.74) is 5.32. The summed E-state index contributed by atoms with van der Waals surface area (Å²) in [6.07, 6.45) is 9.83. The molecule has 0 unspecified atom stereocenters. The molecule has 0 bridgehead atoms. The molecule has 2 aromatic carbocycles. The summed E-state index contributed by atoms with van der Waals surface area (Å²) >= 11 is 13.7. The molecule has 0 atom stereocenters. The zero-order chi connectivity index (χ0) is 27.5. The van der Waals surface area contributed by atoms with E-state index in [0.29, 0.717) is 18.2 Å². The second-order valence-corrected chi connectivity index (χ2v) is 12.1. The minimum Gasteiger partial charge on any atom is -0.334 e. The maximum atomic E-state index is 13.5. The van der Waals surface area contributed by atoms with Crippen LogP contribution in [0.2, 0.25) is 10.2 Å². The first-order valence-electron chi connectivity index (χ1n) is 13.3. The van der Waals surface area contributed by atoms with Crippen molar-refractivity contribution in [3.63, 3.8) is 0 Å². The lowest BCUT2D eigenvalue weighted by Gasteiger charge is -2.39. The number of hydrogen-bond acceptors (Lipinski definition) is 5. The van der Waals surface area contributed by atoms with E-state index in [-0.39, 0.29) is 11.4 Å². The van der Waals surface area contributed by atoms with Crippen LogP contribution in [0.5, 0.6) is 0 Å². The van der Waals surface area contributed by atoms with Gasteiger partial charge in [-0.3, -0.25) is 9.80 Å². The quantitative estimate of drug-likeness (QED) is 0.240. The summed E-state index contributed by atoms with van der Waals surface area (Å²) in [4.78, 5) is 26.5. The lowest BCUT2D eigenvalue weighted by atomic mass is 9.74. The molecule has 2 aliphatic rings. The number of anilines is 1. The molecule has 6 rings (SSSR count). The van der Waals surface area contributed by atoms with E-state index in [0.717, 1.165) is 64.9 Å². The SMILES string of the molecule is O=C(NCc1ccnc(Cl)c1)N1CC2(CCN(C/C=C/c3ccc(Cl)cc3)CC2)c2cc(-c3nccs3)ccc21. The number of urea groups is 1. The predicted molar refractivity (Wildman–Crippen MR) is 164 cm³/mol. The molecule has 0 saturated carbocycles. The fourth-order valence-electron chi connectivity index (χ4n) is 5.68. The van der Waals surface area contributed by atoms with Crippen LogP contribution in [0.1, 0.15) is 29.5 Å². The largest absolute Gasteiger partial charge is 0.334 e. The molecular formula is C31H29Cl2N5OS. The maximum absolute atomic E-state index is 13.5. The Hall–Kier alpha value is -3.23. The van der Waals surface area contributed by atoms with Gasteiger partial charge in [0.1, 0.15) is 10.2 Å². The predicted octanol–water partition coefficient (Wildman–Crippen LogP) is 7.29. The van der Waals surface area contributed by atoms with Gasteiger partial charge in [0.2, 0.25) is 0 Å². The first kappa shape index (κ1) is 27.0. The number of rotatable bonds is 6. The summed E-state index contributed by atoms with van der Waals surface area (Å²) in [5.74, 6) is 0. The van der Waals surface area contributed by atoms with E-state index >= 15 is 0 Å². The Kier molecular flexibility index (Phi) is 7.89. The van der Waals surface area contributed by atoms with Gasteiger partial charge < -0.3 is 5.32 Å². The highest BCUT2D eigenvalue weighted by Crippen LogP contribution is 2.48. The zero-order valence-corrected chi connectivity index (χ0v) is 24.2. The van der Waals surface area contributed by atoms with Gasteiger partial charge in [-0.2, -0.15) is 0 Å². The van der Waals surface area contributed by atoms with Crippen LogP contribution in [-0.4, -0.2) is 47.1 Å². The van der Waals surface area contributed by atoms with Crippen LogP contribution >= 0.6 is 34.5 Å². The van der Waals surface area contributed by atoms with E-state index in [9.17, 15) is 4.79 Å². The Morgan fingerprint density at radius 3 is 2.60 bits per heavy atom. The number of amides is 2. The standard InChI is InChI=1S/C31H29Cl2N5OS/c32-25-6-3-22(4-7-25)2-1-14-37-15-10-31(11-16-37)21-38(30(39)36-20-23-9-12-34-28(33)18-23)27-8-5-24(19-26(27)31)29-35-13-17-40-29/h1-9,12-13,17-19H,10-11,14-16,20-21H2,(H,36,39)/b2-1+. The van der Waals surface area contributed by atoms with E-state index in [2.05, 4.69) is 50.5 Å². The minimum absolute atomic E-state index is 0.0870. The van der Waals surface area contributed by atoms with Crippen molar-refractivity contribution in [2.75, 3.05) is 31.1 Å². The van der Waals surface area contributed by atoms with Crippen LogP contribution in [0.3, 0.4) is 0 Å². The van der Waals surface area contributed by atoms with Crippen LogP contribution in [0.15, 0.2) is 78.4 Å². The van der Waals surface area contributed by atoms with E-state index in [1.165, 1.54) is 5.56 Å². The van der Waals surface area contributed by atoms with Crippen molar-refractivity contribution in [1.29, 1.82) is 0 Å². The second-order valence-electron chi connectivity index (χ2n) is 10.3. The van der Waals surface area contributed by atoms with Gasteiger partial charge in [0.05, 0.1) is 0 Å². The van der Waals surface area contributed by atoms with Crippen LogP contribution in [0, 0.1) is 0 Å². The average molecular weight is 591 g/mol. The molecule has 4 heterocycles. The van der Waals surface area contributed by atoms with Crippen molar-refractivity contribution >= 4 is 52.3 Å². The number of pyridine rings is 1. The lowest BCUT2D eigenvalue weighted by Crippen LogP contribution is -2.47. The first-order valence-corrected chi connectivity index (χ1v) is 15.0. The van der Waals surface area contributed by atoms with Crippen LogP contribution in [0.4, 0.5) is 10.5 Å². The zero-order valence-electron chi connectivity index (χ0n) is 21.9. The van der Waals surface area contributed by atoms with Gasteiger partial charge in [-0.05, 0) is 85.1 Å². The van der Waals surface area contributed by atoms with Crippen LogP contribution < -0.4 is 10.2 Å². The molecule has 1 N–H and O–H groups in total. The molecule has 40 heavy (non-hydrogen) atoms. The maximum Gasteiger partial charge on any atom is 0.322 e. The number of carbonyl (C=O) groups is 1. The Morgan fingerprint density at radius 2 is 1.85 bits per heavy atom. The van der Waals surface area contributed by atoms with Crippen molar-refractivity contribution in [2.45, 2.75) is 24.8 Å². The molecule has 1 saturated heterocycles. The number of likely N-dealkylation sites (tertiary alicyclic amines) is 1. The number of carbonyl (C=O) groups excluding carboxylic acids is 1. The molecule has 0 radical (unpaired) electrons. The number of thiazole rings is 1. The Morgan fingerprint density at radius 1 is 1.02 bits per heavy atom. The highest BCUT2D eigenvalue weighted by molar-refractivity contribution is 7.13. The third-order valence-corrected chi connectivity index (χ3v) is 9.12. The topological polar surface area (TPSA) is 61.4 Å². The van der Waals surface area contributed by atoms with Crippen molar-refractivity contribution in [3.05, 3.63) is 105 Å². The third kappa shape index (κ3) is 5.79. The van der Waals surface area contributed by atoms with Gasteiger partial charge in [-0.25, -0.2) is 14.8 Å². The molecule has 1 spiro atoms. The number of aromatic nitrogens is 2. The molecule has 6 nitrogen and oxygen atoms in total. The fourth-order valence-corrected chi connectivity index (χ4v) is 6.64. The highest BCUT2D eigenvalue weighted by atomic mass is 35.5. The number of nitrogens with one attached hydrogen (secondary N) is 1. The van der Waals surface area contributed by atoms with E-state index in [1.807, 2.05) is 46.8 Å². The van der Waals surface area contributed by atoms with Crippen molar-refractivity contribution in [1.82, 2.24) is 20.2 Å². The van der Waals surface area contributed by atoms with E-state index in [1.54, 1.807) is 23.6 Å². The number of hydrogen-bond donors (Lipinski definition) is 1. The molecule has 204 valence electrons. The van der Waals surface area contributed by atoms with E-state index in [4.69, 9.17) is 23.2 Å². The summed E-state index contributed by atoms with van der Waals surface area (Å²) in [6, 6.07) is 17.9. The lowest BCUT2D eigenvalue weighted by molar-refractivity contribution is 0.180. The molecule has 2 aromatic heterocycles. The molecule has 0 aliphatic carbocycles. The van der Waals surface area contributed by atoms with Gasteiger partial charge in [0.25, 0.3) is 0 Å². The monoisotopic (exact) mass is 589 g/mol. The van der Waals surface area contributed by atoms with Crippen molar-refractivity contribution in [2.24, 2.45) is 0 Å². The fraction of sp³-hybridized carbons (Fsp3) is 0.258. The van der Waals surface area contributed by atoms with Crippen LogP contribution in [-0.2, 0) is 12.0 Å². The van der Waals surface area contributed by atoms with E-state index < -0.39 is 0 Å². The highest BCUT2D eigenvalue weighted by Gasteiger charge is 2.46. The number of nitrogens with zero attached hydrogens (tertiary/aromatic N) is 4. The number of fused-ring (bicyclic) bond motifs is 2. The number of benzene rings is 2. The Bertz CT molecular complexity index is 1520. The van der Waals surface area contributed by atoms with Gasteiger partial charge in [0.15, 0.2) is 0 Å². The molecule has 1 fully saturated rings. The Balaban J connectivity index is 1.19. The first-order chi connectivity index (χ1) is 19.5. The molecule has 2 amide bonds. The summed E-state index contributed by atoms with van der Waals surface area (Å²) in [6.45, 7) is 3.89. The molecule has 4 aromatic rings. The minimum atomic E-state index is -0.0959. The molecule has 2 aliphatic heterocycles. The van der Waals surface area contributed by atoms with Crippen molar-refractivity contribution in [3.8, 4) is 10.6 Å². The smallest absolute Gasteiger partial charge is 0.322 e. The van der Waals surface area contributed by atoms with Gasteiger partial charge in [0, 0.05) is 59.1 Å². The normalized spacial score (nSPS) is 16.5. The third-order valence-electron chi connectivity index (χ3n) is 7.84. The summed E-state index contributed by atoms with van der Waals surface area (Å²) in [7, 11) is 0.